The largest absolute Gasteiger partial charge is 0.345 e. The molecule has 1 saturated heterocycles. The maximum Gasteiger partial charge on any atom is 0.333 e. The summed E-state index contributed by atoms with van der Waals surface area (Å²) in [5.41, 5.74) is 0. The molecular formula is C14H22N2O5. The molecule has 118 valence electrons. The summed E-state index contributed by atoms with van der Waals surface area (Å²) in [6.07, 6.45) is 0.937. The van der Waals surface area contributed by atoms with E-state index in [9.17, 15) is 19.2 Å². The van der Waals surface area contributed by atoms with Crippen LogP contribution in [0.1, 0.15) is 46.0 Å². The molecule has 0 radical (unpaired) electrons. The first-order chi connectivity index (χ1) is 9.85. The van der Waals surface area contributed by atoms with Gasteiger partial charge in [0.1, 0.15) is 0 Å². The fraction of sp³-hybridized carbons (Fsp3) is 0.714. The maximum absolute atomic E-state index is 11.8. The molecule has 0 spiro atoms. The van der Waals surface area contributed by atoms with Crippen LogP contribution >= 0.6 is 0 Å². The average Bonchev–Trinajstić information content (AvgIpc) is 2.76. The fourth-order valence-electron chi connectivity index (χ4n) is 1.90. The predicted octanol–water partition coefficient (Wildman–Crippen LogP) is 0.878. The molecule has 0 aliphatic carbocycles. The van der Waals surface area contributed by atoms with Crippen molar-refractivity contribution in [3.63, 3.8) is 0 Å². The van der Waals surface area contributed by atoms with E-state index in [4.69, 9.17) is 4.84 Å². The maximum atomic E-state index is 11.8. The molecule has 0 aromatic rings. The first-order valence-corrected chi connectivity index (χ1v) is 7.15. The van der Waals surface area contributed by atoms with Crippen LogP contribution in [0.25, 0.3) is 0 Å². The number of imide groups is 1. The minimum absolute atomic E-state index is 0.00197. The standard InChI is InChI=1S/C14H22N2O5/c1-4-10(2)9-15(3)11(17)7-8-14(20)21-16-12(18)5-6-13(16)19/h10H,4-9H2,1-3H3. The highest BCUT2D eigenvalue weighted by Crippen LogP contribution is 2.13. The van der Waals surface area contributed by atoms with Crippen LogP contribution in [0.5, 0.6) is 0 Å². The zero-order valence-corrected chi connectivity index (χ0v) is 12.8. The summed E-state index contributed by atoms with van der Waals surface area (Å²) in [4.78, 5) is 52.2. The number of carbonyl (C=O) groups excluding carboxylic acids is 4. The molecule has 0 aromatic carbocycles. The minimum Gasteiger partial charge on any atom is -0.345 e. The number of hydrogen-bond acceptors (Lipinski definition) is 5. The van der Waals surface area contributed by atoms with Crippen molar-refractivity contribution in [1.82, 2.24) is 9.96 Å². The Labute approximate surface area is 124 Å². The van der Waals surface area contributed by atoms with E-state index in [1.54, 1.807) is 11.9 Å². The molecular weight excluding hydrogens is 276 g/mol. The van der Waals surface area contributed by atoms with Crippen LogP contribution < -0.4 is 0 Å². The summed E-state index contributed by atoms with van der Waals surface area (Å²) >= 11 is 0. The van der Waals surface area contributed by atoms with E-state index in [-0.39, 0.29) is 31.6 Å². The zero-order valence-electron chi connectivity index (χ0n) is 12.8. The molecule has 1 rings (SSSR count). The molecule has 1 atom stereocenters. The number of rotatable bonds is 7. The monoisotopic (exact) mass is 298 g/mol. The van der Waals surface area contributed by atoms with E-state index < -0.39 is 17.8 Å². The van der Waals surface area contributed by atoms with Gasteiger partial charge in [-0.15, -0.1) is 5.06 Å². The third-order valence-corrected chi connectivity index (χ3v) is 3.45. The normalized spacial score (nSPS) is 16.0. The summed E-state index contributed by atoms with van der Waals surface area (Å²) in [6, 6.07) is 0. The van der Waals surface area contributed by atoms with Crippen molar-refractivity contribution in [3.05, 3.63) is 0 Å². The lowest BCUT2D eigenvalue weighted by Crippen LogP contribution is -2.34. The van der Waals surface area contributed by atoms with Crippen LogP contribution in [-0.4, -0.2) is 47.2 Å². The molecule has 7 nitrogen and oxygen atoms in total. The Balaban J connectivity index is 2.34. The van der Waals surface area contributed by atoms with Crippen LogP contribution in [0, 0.1) is 5.92 Å². The Morgan fingerprint density at radius 3 is 2.33 bits per heavy atom. The quantitative estimate of drug-likeness (QED) is 0.651. The van der Waals surface area contributed by atoms with Crippen molar-refractivity contribution < 1.29 is 24.0 Å². The van der Waals surface area contributed by atoms with Crippen LogP contribution in [0.2, 0.25) is 0 Å². The molecule has 1 heterocycles. The van der Waals surface area contributed by atoms with Gasteiger partial charge in [-0.2, -0.15) is 0 Å². The van der Waals surface area contributed by atoms with Gasteiger partial charge in [-0.05, 0) is 5.92 Å². The SMILES string of the molecule is CCC(C)CN(C)C(=O)CCC(=O)ON1C(=O)CCC1=O. The smallest absolute Gasteiger partial charge is 0.333 e. The van der Waals surface area contributed by atoms with Gasteiger partial charge >= 0.3 is 5.97 Å². The van der Waals surface area contributed by atoms with Crippen molar-refractivity contribution in [1.29, 1.82) is 0 Å². The minimum atomic E-state index is -0.746. The third-order valence-electron chi connectivity index (χ3n) is 3.45. The lowest BCUT2D eigenvalue weighted by atomic mass is 10.1. The van der Waals surface area contributed by atoms with Gasteiger partial charge in [0, 0.05) is 32.9 Å². The van der Waals surface area contributed by atoms with Gasteiger partial charge in [0.15, 0.2) is 0 Å². The fourth-order valence-corrected chi connectivity index (χ4v) is 1.90. The van der Waals surface area contributed by atoms with Crippen LogP contribution in [0.15, 0.2) is 0 Å². The van der Waals surface area contributed by atoms with E-state index in [1.807, 2.05) is 13.8 Å². The third kappa shape index (κ3) is 5.17. The molecule has 0 aromatic heterocycles. The molecule has 0 bridgehead atoms. The van der Waals surface area contributed by atoms with E-state index in [0.717, 1.165) is 6.42 Å². The van der Waals surface area contributed by atoms with E-state index in [0.29, 0.717) is 17.5 Å². The summed E-state index contributed by atoms with van der Waals surface area (Å²) in [6.45, 7) is 4.72. The number of hydrogen-bond donors (Lipinski definition) is 0. The van der Waals surface area contributed by atoms with Crippen LogP contribution in [0.4, 0.5) is 0 Å². The van der Waals surface area contributed by atoms with Crippen molar-refractivity contribution in [2.45, 2.75) is 46.0 Å². The molecule has 1 unspecified atom stereocenters. The molecule has 3 amide bonds. The molecule has 21 heavy (non-hydrogen) atoms. The van der Waals surface area contributed by atoms with Gasteiger partial charge in [-0.25, -0.2) is 4.79 Å². The number of nitrogens with zero attached hydrogens (tertiary/aromatic N) is 2. The van der Waals surface area contributed by atoms with Crippen molar-refractivity contribution in [3.8, 4) is 0 Å². The highest BCUT2D eigenvalue weighted by molar-refractivity contribution is 6.01. The average molecular weight is 298 g/mol. The number of carbonyl (C=O) groups is 4. The van der Waals surface area contributed by atoms with Gasteiger partial charge < -0.3 is 9.74 Å². The topological polar surface area (TPSA) is 84.0 Å². The van der Waals surface area contributed by atoms with Gasteiger partial charge in [0.25, 0.3) is 11.8 Å². The first kappa shape index (κ1) is 17.1. The molecule has 7 heteroatoms. The molecule has 1 fully saturated rings. The summed E-state index contributed by atoms with van der Waals surface area (Å²) in [5, 5.41) is 0.496. The lowest BCUT2D eigenvalue weighted by Gasteiger charge is -2.20. The Morgan fingerprint density at radius 1 is 1.24 bits per heavy atom. The van der Waals surface area contributed by atoms with Crippen LogP contribution in [-0.2, 0) is 24.0 Å². The van der Waals surface area contributed by atoms with E-state index in [2.05, 4.69) is 0 Å². The first-order valence-electron chi connectivity index (χ1n) is 7.15. The lowest BCUT2D eigenvalue weighted by molar-refractivity contribution is -0.197. The van der Waals surface area contributed by atoms with Gasteiger partial charge in [-0.3, -0.25) is 14.4 Å². The molecule has 0 saturated carbocycles. The number of amides is 3. The Morgan fingerprint density at radius 2 is 1.81 bits per heavy atom. The summed E-state index contributed by atoms with van der Waals surface area (Å²) in [7, 11) is 1.69. The Hall–Kier alpha value is -1.92. The van der Waals surface area contributed by atoms with Crippen LogP contribution in [0.3, 0.4) is 0 Å². The van der Waals surface area contributed by atoms with Gasteiger partial charge in [0.2, 0.25) is 5.91 Å². The summed E-state index contributed by atoms with van der Waals surface area (Å²) < 4.78 is 0. The van der Waals surface area contributed by atoms with Gasteiger partial charge in [0.05, 0.1) is 6.42 Å². The van der Waals surface area contributed by atoms with Crippen molar-refractivity contribution >= 4 is 23.7 Å². The Bertz CT molecular complexity index is 419. The molecule has 1 aliphatic rings. The second kappa shape index (κ2) is 7.75. The number of hydroxylamine groups is 2. The highest BCUT2D eigenvalue weighted by Gasteiger charge is 2.32. The van der Waals surface area contributed by atoms with Crippen molar-refractivity contribution in [2.24, 2.45) is 5.92 Å². The molecule has 0 N–H and O–H groups in total. The Kier molecular flexibility index (Phi) is 6.33. The van der Waals surface area contributed by atoms with Gasteiger partial charge in [-0.1, -0.05) is 20.3 Å². The second-order valence-corrected chi connectivity index (χ2v) is 5.33. The predicted molar refractivity (Wildman–Crippen MR) is 73.5 cm³/mol. The van der Waals surface area contributed by atoms with E-state index in [1.165, 1.54) is 0 Å². The highest BCUT2D eigenvalue weighted by atomic mass is 16.7. The van der Waals surface area contributed by atoms with E-state index >= 15 is 0 Å². The second-order valence-electron chi connectivity index (χ2n) is 5.33. The van der Waals surface area contributed by atoms with Crippen molar-refractivity contribution in [2.75, 3.05) is 13.6 Å². The molecule has 1 aliphatic heterocycles. The zero-order chi connectivity index (χ0) is 16.0. The summed E-state index contributed by atoms with van der Waals surface area (Å²) in [5.74, 6) is -1.55.